The predicted molar refractivity (Wildman–Crippen MR) is 84.2 cm³/mol. The van der Waals surface area contributed by atoms with E-state index in [9.17, 15) is 4.39 Å². The SMILES string of the molecule is Fc1ccc2cc(C3CC3)nc(NC3CCCCC3)c2c1. The first-order chi connectivity index (χ1) is 10.3. The van der Waals surface area contributed by atoms with Crippen LogP contribution in [-0.2, 0) is 0 Å². The number of nitrogens with zero attached hydrogens (tertiary/aromatic N) is 1. The number of aromatic nitrogens is 1. The van der Waals surface area contributed by atoms with Crippen LogP contribution in [-0.4, -0.2) is 11.0 Å². The Morgan fingerprint density at radius 3 is 2.57 bits per heavy atom. The van der Waals surface area contributed by atoms with Crippen molar-refractivity contribution < 1.29 is 4.39 Å². The minimum absolute atomic E-state index is 0.185. The highest BCUT2D eigenvalue weighted by atomic mass is 19.1. The Kier molecular flexibility index (Phi) is 3.28. The van der Waals surface area contributed by atoms with Crippen molar-refractivity contribution >= 4 is 16.6 Å². The molecule has 0 atom stereocenters. The van der Waals surface area contributed by atoms with Gasteiger partial charge in [-0.25, -0.2) is 9.37 Å². The molecule has 4 rings (SSSR count). The Labute approximate surface area is 124 Å². The van der Waals surface area contributed by atoms with Gasteiger partial charge < -0.3 is 5.32 Å². The molecule has 1 aromatic carbocycles. The second-order valence-corrected chi connectivity index (χ2v) is 6.51. The van der Waals surface area contributed by atoms with Crippen LogP contribution in [0.5, 0.6) is 0 Å². The van der Waals surface area contributed by atoms with E-state index in [2.05, 4.69) is 11.4 Å². The molecular formula is C18H21FN2. The van der Waals surface area contributed by atoms with Crippen LogP contribution in [0.1, 0.15) is 56.6 Å². The molecule has 110 valence electrons. The van der Waals surface area contributed by atoms with E-state index in [-0.39, 0.29) is 5.82 Å². The van der Waals surface area contributed by atoms with Gasteiger partial charge in [0.1, 0.15) is 11.6 Å². The average Bonchev–Trinajstić information content (AvgIpc) is 3.33. The van der Waals surface area contributed by atoms with Gasteiger partial charge in [-0.05, 0) is 49.3 Å². The number of anilines is 1. The molecule has 2 fully saturated rings. The number of rotatable bonds is 3. The maximum atomic E-state index is 13.6. The van der Waals surface area contributed by atoms with Crippen molar-refractivity contribution in [1.29, 1.82) is 0 Å². The highest BCUT2D eigenvalue weighted by Crippen LogP contribution is 2.41. The van der Waals surface area contributed by atoms with Gasteiger partial charge >= 0.3 is 0 Å². The fourth-order valence-electron chi connectivity index (χ4n) is 3.38. The van der Waals surface area contributed by atoms with E-state index in [4.69, 9.17) is 4.98 Å². The molecule has 2 aliphatic carbocycles. The van der Waals surface area contributed by atoms with Crippen LogP contribution in [0, 0.1) is 5.82 Å². The van der Waals surface area contributed by atoms with Crippen LogP contribution >= 0.6 is 0 Å². The Balaban J connectivity index is 1.74. The Bertz CT molecular complexity index is 658. The van der Waals surface area contributed by atoms with Gasteiger partial charge in [-0.15, -0.1) is 0 Å². The molecule has 1 N–H and O–H groups in total. The summed E-state index contributed by atoms with van der Waals surface area (Å²) in [5.41, 5.74) is 1.17. The van der Waals surface area contributed by atoms with Gasteiger partial charge in [0, 0.05) is 23.0 Å². The standard InChI is InChI=1S/C18H21FN2/c19-14-9-8-13-10-17(12-6-7-12)21-18(16(13)11-14)20-15-4-2-1-3-5-15/h8-12,15H,1-7H2,(H,20,21). The lowest BCUT2D eigenvalue weighted by atomic mass is 9.95. The van der Waals surface area contributed by atoms with Gasteiger partial charge in [0.2, 0.25) is 0 Å². The number of hydrogen-bond donors (Lipinski definition) is 1. The number of fused-ring (bicyclic) bond motifs is 1. The van der Waals surface area contributed by atoms with Crippen molar-refractivity contribution in [2.45, 2.75) is 56.9 Å². The summed E-state index contributed by atoms with van der Waals surface area (Å²) in [7, 11) is 0. The smallest absolute Gasteiger partial charge is 0.134 e. The van der Waals surface area contributed by atoms with Crippen molar-refractivity contribution in [3.8, 4) is 0 Å². The second kappa shape index (κ2) is 5.28. The molecule has 0 bridgehead atoms. The molecule has 2 nitrogen and oxygen atoms in total. The lowest BCUT2D eigenvalue weighted by Crippen LogP contribution is -2.23. The summed E-state index contributed by atoms with van der Waals surface area (Å²) in [6.07, 6.45) is 8.78. The second-order valence-electron chi connectivity index (χ2n) is 6.51. The molecule has 21 heavy (non-hydrogen) atoms. The van der Waals surface area contributed by atoms with Crippen LogP contribution in [0.2, 0.25) is 0 Å². The zero-order valence-electron chi connectivity index (χ0n) is 12.2. The number of pyridine rings is 1. The maximum absolute atomic E-state index is 13.6. The zero-order chi connectivity index (χ0) is 14.2. The molecule has 0 spiro atoms. The monoisotopic (exact) mass is 284 g/mol. The lowest BCUT2D eigenvalue weighted by molar-refractivity contribution is 0.462. The van der Waals surface area contributed by atoms with E-state index in [1.807, 2.05) is 6.07 Å². The predicted octanol–water partition coefficient (Wildman–Crippen LogP) is 5.00. The van der Waals surface area contributed by atoms with Crippen LogP contribution in [0.25, 0.3) is 10.8 Å². The molecule has 1 heterocycles. The van der Waals surface area contributed by atoms with Gasteiger partial charge in [-0.2, -0.15) is 0 Å². The average molecular weight is 284 g/mol. The van der Waals surface area contributed by atoms with E-state index < -0.39 is 0 Å². The number of halogens is 1. The largest absolute Gasteiger partial charge is 0.367 e. The van der Waals surface area contributed by atoms with Crippen molar-refractivity contribution in [2.24, 2.45) is 0 Å². The topological polar surface area (TPSA) is 24.9 Å². The fraction of sp³-hybridized carbons (Fsp3) is 0.500. The van der Waals surface area contributed by atoms with Crippen molar-refractivity contribution in [3.63, 3.8) is 0 Å². The first-order valence-corrected chi connectivity index (χ1v) is 8.16. The summed E-state index contributed by atoms with van der Waals surface area (Å²) in [6, 6.07) is 7.67. The van der Waals surface area contributed by atoms with Gasteiger partial charge in [-0.3, -0.25) is 0 Å². The van der Waals surface area contributed by atoms with Crippen molar-refractivity contribution in [3.05, 3.63) is 35.8 Å². The van der Waals surface area contributed by atoms with Gasteiger partial charge in [-0.1, -0.05) is 25.3 Å². The minimum atomic E-state index is -0.185. The minimum Gasteiger partial charge on any atom is -0.367 e. The summed E-state index contributed by atoms with van der Waals surface area (Å²) >= 11 is 0. The molecule has 0 unspecified atom stereocenters. The van der Waals surface area contributed by atoms with Crippen LogP contribution in [0.3, 0.4) is 0 Å². The lowest BCUT2D eigenvalue weighted by Gasteiger charge is -2.24. The number of hydrogen-bond acceptors (Lipinski definition) is 2. The summed E-state index contributed by atoms with van der Waals surface area (Å²) in [5, 5.41) is 5.62. The summed E-state index contributed by atoms with van der Waals surface area (Å²) in [6.45, 7) is 0. The quantitative estimate of drug-likeness (QED) is 0.858. The summed E-state index contributed by atoms with van der Waals surface area (Å²) < 4.78 is 13.6. The first-order valence-electron chi connectivity index (χ1n) is 8.16. The molecular weight excluding hydrogens is 263 g/mol. The highest BCUT2D eigenvalue weighted by molar-refractivity contribution is 5.92. The molecule has 2 saturated carbocycles. The van der Waals surface area contributed by atoms with Crippen LogP contribution < -0.4 is 5.32 Å². The van der Waals surface area contributed by atoms with Crippen molar-refractivity contribution in [1.82, 2.24) is 4.98 Å². The molecule has 0 saturated heterocycles. The zero-order valence-corrected chi connectivity index (χ0v) is 12.2. The Morgan fingerprint density at radius 1 is 1.00 bits per heavy atom. The van der Waals surface area contributed by atoms with E-state index in [0.29, 0.717) is 12.0 Å². The van der Waals surface area contributed by atoms with Crippen LogP contribution in [0.15, 0.2) is 24.3 Å². The highest BCUT2D eigenvalue weighted by Gasteiger charge is 2.26. The van der Waals surface area contributed by atoms with Crippen LogP contribution in [0.4, 0.5) is 10.2 Å². The molecule has 0 amide bonds. The summed E-state index contributed by atoms with van der Waals surface area (Å²) in [5.74, 6) is 1.32. The Morgan fingerprint density at radius 2 is 1.81 bits per heavy atom. The van der Waals surface area contributed by atoms with Gasteiger partial charge in [0.15, 0.2) is 0 Å². The number of nitrogens with one attached hydrogen (secondary N) is 1. The summed E-state index contributed by atoms with van der Waals surface area (Å²) in [4.78, 5) is 4.82. The fourth-order valence-corrected chi connectivity index (χ4v) is 3.38. The van der Waals surface area contributed by atoms with Gasteiger partial charge in [0.05, 0.1) is 0 Å². The molecule has 0 aliphatic heterocycles. The van der Waals surface area contributed by atoms with E-state index in [0.717, 1.165) is 16.6 Å². The molecule has 1 aromatic heterocycles. The molecule has 3 heteroatoms. The van der Waals surface area contributed by atoms with Crippen molar-refractivity contribution in [2.75, 3.05) is 5.32 Å². The third-order valence-electron chi connectivity index (χ3n) is 4.76. The van der Waals surface area contributed by atoms with E-state index >= 15 is 0 Å². The Hall–Kier alpha value is -1.64. The molecule has 0 radical (unpaired) electrons. The number of benzene rings is 1. The van der Waals surface area contributed by atoms with Gasteiger partial charge in [0.25, 0.3) is 0 Å². The van der Waals surface area contributed by atoms with E-state index in [1.165, 1.54) is 50.6 Å². The third-order valence-corrected chi connectivity index (χ3v) is 4.76. The molecule has 2 aromatic rings. The molecule has 2 aliphatic rings. The maximum Gasteiger partial charge on any atom is 0.134 e. The van der Waals surface area contributed by atoms with E-state index in [1.54, 1.807) is 12.1 Å². The third kappa shape index (κ3) is 2.74. The normalized spacial score (nSPS) is 19.9. The first kappa shape index (κ1) is 13.1.